The number of hydrogen-bond donors (Lipinski definition) is 2. The van der Waals surface area contributed by atoms with Crippen molar-refractivity contribution in [3.63, 3.8) is 0 Å². The Labute approximate surface area is 106 Å². The molecule has 106 valence electrons. The Morgan fingerprint density at radius 3 is 2.22 bits per heavy atom. The number of nitrogens with one attached hydrogen (secondary N) is 2. The highest BCUT2D eigenvalue weighted by Crippen LogP contribution is 1.91. The minimum atomic E-state index is -3.96. The van der Waals surface area contributed by atoms with Crippen molar-refractivity contribution in [2.45, 2.75) is 26.8 Å². The fraction of sp³-hybridized carbons (Fsp3) is 0.778. The number of hydrogen-bond acceptors (Lipinski definition) is 6. The van der Waals surface area contributed by atoms with Crippen molar-refractivity contribution in [2.24, 2.45) is 0 Å². The summed E-state index contributed by atoms with van der Waals surface area (Å²) in [5.41, 5.74) is 0. The van der Waals surface area contributed by atoms with Crippen LogP contribution in [0.3, 0.4) is 0 Å². The maximum Gasteiger partial charge on any atom is 0.323 e. The Hall–Kier alpha value is -1.19. The van der Waals surface area contributed by atoms with Crippen molar-refractivity contribution < 1.29 is 27.5 Å². The molecule has 0 unspecified atom stereocenters. The molecule has 0 aromatic heterocycles. The smallest absolute Gasteiger partial charge is 0.323 e. The minimum Gasteiger partial charge on any atom is -0.465 e. The molecule has 0 radical (unpaired) electrons. The average molecular weight is 282 g/mol. The molecule has 0 rings (SSSR count). The van der Waals surface area contributed by atoms with E-state index in [4.69, 9.17) is 0 Å². The zero-order valence-corrected chi connectivity index (χ0v) is 11.4. The highest BCUT2D eigenvalue weighted by atomic mass is 32.2. The minimum absolute atomic E-state index is 0.154. The molecule has 0 spiro atoms. The number of rotatable bonds is 8. The number of ether oxygens (including phenoxy) is 2. The summed E-state index contributed by atoms with van der Waals surface area (Å²) in [6.45, 7) is 4.36. The van der Waals surface area contributed by atoms with E-state index in [1.807, 2.05) is 9.44 Å². The van der Waals surface area contributed by atoms with E-state index in [-0.39, 0.29) is 13.2 Å². The molecule has 0 aliphatic heterocycles. The summed E-state index contributed by atoms with van der Waals surface area (Å²) in [5, 5.41) is 0. The first-order valence-electron chi connectivity index (χ1n) is 5.41. The van der Waals surface area contributed by atoms with Gasteiger partial charge in [-0.3, -0.25) is 9.59 Å². The maximum atomic E-state index is 11.4. The lowest BCUT2D eigenvalue weighted by molar-refractivity contribution is -0.144. The van der Waals surface area contributed by atoms with Crippen LogP contribution in [-0.4, -0.2) is 46.2 Å². The number of esters is 2. The molecule has 0 aromatic rings. The van der Waals surface area contributed by atoms with Crippen LogP contribution in [-0.2, 0) is 29.3 Å². The van der Waals surface area contributed by atoms with Gasteiger partial charge in [-0.15, -0.1) is 0 Å². The summed E-state index contributed by atoms with van der Waals surface area (Å²) in [5.74, 6) is -1.40. The molecule has 0 saturated carbocycles. The Morgan fingerprint density at radius 2 is 1.72 bits per heavy atom. The Kier molecular flexibility index (Phi) is 7.48. The van der Waals surface area contributed by atoms with Gasteiger partial charge in [-0.2, -0.15) is 17.9 Å². The van der Waals surface area contributed by atoms with Crippen molar-refractivity contribution in [1.29, 1.82) is 0 Å². The Bertz CT molecular complexity index is 381. The molecule has 0 aromatic carbocycles. The van der Waals surface area contributed by atoms with Crippen LogP contribution in [0.2, 0.25) is 0 Å². The second-order valence-corrected chi connectivity index (χ2v) is 4.75. The van der Waals surface area contributed by atoms with Crippen molar-refractivity contribution in [3.05, 3.63) is 0 Å². The molecule has 0 amide bonds. The first kappa shape index (κ1) is 16.8. The molecule has 0 bridgehead atoms. The predicted octanol–water partition coefficient (Wildman–Crippen LogP) is -1.07. The molecule has 0 heterocycles. The summed E-state index contributed by atoms with van der Waals surface area (Å²) in [4.78, 5) is 22.1. The predicted molar refractivity (Wildman–Crippen MR) is 62.8 cm³/mol. The van der Waals surface area contributed by atoms with E-state index in [9.17, 15) is 18.0 Å². The third-order valence-electron chi connectivity index (χ3n) is 1.68. The lowest BCUT2D eigenvalue weighted by atomic mass is 10.4. The molecule has 8 nitrogen and oxygen atoms in total. The maximum absolute atomic E-state index is 11.4. The van der Waals surface area contributed by atoms with Crippen LogP contribution in [0, 0.1) is 0 Å². The van der Waals surface area contributed by atoms with Crippen LogP contribution in [0.25, 0.3) is 0 Å². The summed E-state index contributed by atoms with van der Waals surface area (Å²) >= 11 is 0. The van der Waals surface area contributed by atoms with Crippen molar-refractivity contribution >= 4 is 22.1 Å². The monoisotopic (exact) mass is 282 g/mol. The van der Waals surface area contributed by atoms with Gasteiger partial charge in [-0.25, -0.2) is 0 Å². The van der Waals surface area contributed by atoms with E-state index in [2.05, 4.69) is 9.47 Å². The molecule has 0 aliphatic rings. The second kappa shape index (κ2) is 8.01. The van der Waals surface area contributed by atoms with Crippen molar-refractivity contribution in [1.82, 2.24) is 9.44 Å². The van der Waals surface area contributed by atoms with Gasteiger partial charge >= 0.3 is 11.9 Å². The van der Waals surface area contributed by atoms with Gasteiger partial charge in [0, 0.05) is 0 Å². The van der Waals surface area contributed by atoms with Gasteiger partial charge in [0.1, 0.15) is 12.6 Å². The van der Waals surface area contributed by atoms with Gasteiger partial charge in [0.15, 0.2) is 0 Å². The first-order valence-corrected chi connectivity index (χ1v) is 6.89. The zero-order valence-electron chi connectivity index (χ0n) is 10.6. The molecule has 9 heteroatoms. The highest BCUT2D eigenvalue weighted by Gasteiger charge is 2.21. The SMILES string of the molecule is CCOC(=O)CNS(=O)(=O)N[C@H](C)C(=O)OCC. The van der Waals surface area contributed by atoms with Crippen molar-refractivity contribution in [2.75, 3.05) is 19.8 Å². The standard InChI is InChI=1S/C9H18N2O6S/c1-4-16-8(12)6-10-18(14,15)11-7(3)9(13)17-5-2/h7,10-11H,4-6H2,1-3H3/t7-/m1/s1. The lowest BCUT2D eigenvalue weighted by Crippen LogP contribution is -2.46. The van der Waals surface area contributed by atoms with Gasteiger partial charge in [-0.05, 0) is 20.8 Å². The third kappa shape index (κ3) is 7.20. The van der Waals surface area contributed by atoms with Crippen LogP contribution in [0.4, 0.5) is 0 Å². The molecular formula is C9H18N2O6S. The Morgan fingerprint density at radius 1 is 1.17 bits per heavy atom. The van der Waals surface area contributed by atoms with E-state index in [1.165, 1.54) is 6.92 Å². The van der Waals surface area contributed by atoms with Crippen LogP contribution in [0.1, 0.15) is 20.8 Å². The summed E-state index contributed by atoms with van der Waals surface area (Å²) < 4.78 is 36.0. The zero-order chi connectivity index (χ0) is 14.2. The van der Waals surface area contributed by atoms with E-state index in [0.29, 0.717) is 0 Å². The topological polar surface area (TPSA) is 111 Å². The van der Waals surface area contributed by atoms with Crippen LogP contribution >= 0.6 is 0 Å². The lowest BCUT2D eigenvalue weighted by Gasteiger charge is -2.13. The van der Waals surface area contributed by atoms with Crippen LogP contribution < -0.4 is 9.44 Å². The summed E-state index contributed by atoms with van der Waals surface area (Å²) in [6, 6.07) is -1.04. The Balaban J connectivity index is 4.23. The van der Waals surface area contributed by atoms with E-state index >= 15 is 0 Å². The molecule has 2 N–H and O–H groups in total. The van der Waals surface area contributed by atoms with E-state index in [1.54, 1.807) is 13.8 Å². The number of carbonyl (C=O) groups excluding carboxylic acids is 2. The summed E-state index contributed by atoms with van der Waals surface area (Å²) in [6.07, 6.45) is 0. The second-order valence-electron chi connectivity index (χ2n) is 3.22. The van der Waals surface area contributed by atoms with Gasteiger partial charge in [-0.1, -0.05) is 0 Å². The molecule has 18 heavy (non-hydrogen) atoms. The molecule has 0 aliphatic carbocycles. The molecular weight excluding hydrogens is 264 g/mol. The van der Waals surface area contributed by atoms with Gasteiger partial charge < -0.3 is 9.47 Å². The largest absolute Gasteiger partial charge is 0.465 e. The average Bonchev–Trinajstić information content (AvgIpc) is 2.27. The normalized spacial score (nSPS) is 12.8. The van der Waals surface area contributed by atoms with Gasteiger partial charge in [0.25, 0.3) is 10.2 Å². The van der Waals surface area contributed by atoms with Crippen molar-refractivity contribution in [3.8, 4) is 0 Å². The molecule has 1 atom stereocenters. The van der Waals surface area contributed by atoms with Crippen LogP contribution in [0.5, 0.6) is 0 Å². The van der Waals surface area contributed by atoms with E-state index in [0.717, 1.165) is 0 Å². The highest BCUT2D eigenvalue weighted by molar-refractivity contribution is 7.87. The number of carbonyl (C=O) groups is 2. The van der Waals surface area contributed by atoms with E-state index < -0.39 is 34.7 Å². The fourth-order valence-electron chi connectivity index (χ4n) is 0.956. The van der Waals surface area contributed by atoms with Gasteiger partial charge in [0.2, 0.25) is 0 Å². The summed E-state index contributed by atoms with van der Waals surface area (Å²) in [7, 11) is -3.96. The quantitative estimate of drug-likeness (QED) is 0.548. The van der Waals surface area contributed by atoms with Crippen LogP contribution in [0.15, 0.2) is 0 Å². The molecule has 0 saturated heterocycles. The molecule has 0 fully saturated rings. The third-order valence-corrected chi connectivity index (χ3v) is 2.87. The van der Waals surface area contributed by atoms with Gasteiger partial charge in [0.05, 0.1) is 13.2 Å². The first-order chi connectivity index (χ1) is 8.32. The fourth-order valence-corrected chi connectivity index (χ4v) is 1.91.